The summed E-state index contributed by atoms with van der Waals surface area (Å²) in [4.78, 5) is 34.0. The number of anilines is 1. The first-order chi connectivity index (χ1) is 16.5. The Hall–Kier alpha value is -3.83. The number of thiazole rings is 1. The van der Waals surface area contributed by atoms with Crippen molar-refractivity contribution >= 4 is 28.3 Å². The average molecular weight is 473 g/mol. The van der Waals surface area contributed by atoms with Gasteiger partial charge in [0, 0.05) is 18.7 Å². The minimum Gasteiger partial charge on any atom is -0.457 e. The van der Waals surface area contributed by atoms with Gasteiger partial charge < -0.3 is 20.3 Å². The van der Waals surface area contributed by atoms with Crippen molar-refractivity contribution in [2.45, 2.75) is 31.8 Å². The largest absolute Gasteiger partial charge is 0.457 e. The summed E-state index contributed by atoms with van der Waals surface area (Å²) < 4.78 is 5.87. The molecule has 3 heterocycles. The van der Waals surface area contributed by atoms with Crippen LogP contribution in [0.4, 0.5) is 5.13 Å². The van der Waals surface area contributed by atoms with Crippen molar-refractivity contribution in [2.75, 3.05) is 18.0 Å². The highest BCUT2D eigenvalue weighted by molar-refractivity contribution is 7.18. The number of hydrogen-bond acceptors (Lipinski definition) is 6. The highest BCUT2D eigenvalue weighted by Gasteiger charge is 2.43. The van der Waals surface area contributed by atoms with E-state index < -0.39 is 5.91 Å². The summed E-state index contributed by atoms with van der Waals surface area (Å²) in [5.41, 5.74) is 7.08. The molecule has 0 spiro atoms. The Bertz CT molecular complexity index is 1260. The lowest BCUT2D eigenvalue weighted by molar-refractivity contribution is -0.128. The quantitative estimate of drug-likeness (QED) is 0.569. The number of nitrogens with two attached hydrogens (primary N) is 1. The van der Waals surface area contributed by atoms with E-state index in [0.717, 1.165) is 29.3 Å². The number of carbonyl (C=O) groups excluding carboxylic acids is 2. The van der Waals surface area contributed by atoms with Gasteiger partial charge >= 0.3 is 0 Å². The first-order valence-corrected chi connectivity index (χ1v) is 12.0. The Morgan fingerprint density at radius 3 is 2.29 bits per heavy atom. The molecule has 0 saturated carbocycles. The molecule has 0 unspecified atom stereocenters. The van der Waals surface area contributed by atoms with Crippen LogP contribution in [-0.2, 0) is 4.79 Å². The van der Waals surface area contributed by atoms with Gasteiger partial charge in [0.2, 0.25) is 0 Å². The standard InChI is InChI=1S/C26H24N4O3S/c1-2-6-22(31)30-18-11-12-19(30)16-29(15-18)26-28-23(24(34-26)25(27)32)17-9-13-21(14-10-17)33-20-7-4-3-5-8-20/h3-5,7-10,13-14,18-19H,11-12,15-16H2,1H3,(H2,27,32)/t18-,19-/m1/s1. The van der Waals surface area contributed by atoms with Gasteiger partial charge in [0.1, 0.15) is 16.4 Å². The van der Waals surface area contributed by atoms with Gasteiger partial charge in [0.05, 0.1) is 17.8 Å². The zero-order valence-electron chi connectivity index (χ0n) is 18.7. The van der Waals surface area contributed by atoms with E-state index in [0.29, 0.717) is 29.4 Å². The molecule has 0 radical (unpaired) electrons. The van der Waals surface area contributed by atoms with E-state index in [-0.39, 0.29) is 18.0 Å². The van der Waals surface area contributed by atoms with Gasteiger partial charge in [-0.25, -0.2) is 4.98 Å². The minimum atomic E-state index is -0.502. The van der Waals surface area contributed by atoms with Gasteiger partial charge in [-0.2, -0.15) is 0 Å². The number of rotatable bonds is 5. The topological polar surface area (TPSA) is 88.8 Å². The van der Waals surface area contributed by atoms with Gasteiger partial charge in [-0.1, -0.05) is 35.5 Å². The van der Waals surface area contributed by atoms with E-state index >= 15 is 0 Å². The summed E-state index contributed by atoms with van der Waals surface area (Å²) >= 11 is 1.31. The van der Waals surface area contributed by atoms with Crippen LogP contribution in [0.3, 0.4) is 0 Å². The van der Waals surface area contributed by atoms with Gasteiger partial charge in [0.25, 0.3) is 11.8 Å². The summed E-state index contributed by atoms with van der Waals surface area (Å²) in [6.45, 7) is 3.02. The van der Waals surface area contributed by atoms with E-state index in [1.165, 1.54) is 11.3 Å². The van der Waals surface area contributed by atoms with Crippen LogP contribution in [0.2, 0.25) is 0 Å². The fourth-order valence-corrected chi connectivity index (χ4v) is 5.63. The van der Waals surface area contributed by atoms with Gasteiger partial charge in [-0.15, -0.1) is 0 Å². The molecular formula is C26H24N4O3S. The predicted octanol–water partition coefficient (Wildman–Crippen LogP) is 3.90. The SMILES string of the molecule is CC#CC(=O)N1[C@@H]2CC[C@@H]1CN(c1nc(-c3ccc(Oc4ccccc4)cc3)c(C(N)=O)s1)C2. The van der Waals surface area contributed by atoms with Gasteiger partial charge in [-0.3, -0.25) is 9.59 Å². The Morgan fingerprint density at radius 2 is 1.68 bits per heavy atom. The van der Waals surface area contributed by atoms with E-state index in [2.05, 4.69) is 16.7 Å². The van der Waals surface area contributed by atoms with Crippen molar-refractivity contribution in [3.05, 3.63) is 59.5 Å². The maximum absolute atomic E-state index is 12.4. The molecule has 5 rings (SSSR count). The summed E-state index contributed by atoms with van der Waals surface area (Å²) in [5, 5.41) is 0.749. The number of benzene rings is 2. The average Bonchev–Trinajstić information content (AvgIpc) is 3.40. The van der Waals surface area contributed by atoms with Crippen molar-refractivity contribution in [3.63, 3.8) is 0 Å². The molecule has 2 fully saturated rings. The molecule has 7 nitrogen and oxygen atoms in total. The molecule has 2 bridgehead atoms. The number of fused-ring (bicyclic) bond motifs is 2. The van der Waals surface area contributed by atoms with Crippen molar-refractivity contribution in [1.29, 1.82) is 0 Å². The molecule has 2 saturated heterocycles. The van der Waals surface area contributed by atoms with E-state index in [4.69, 9.17) is 15.5 Å². The van der Waals surface area contributed by atoms with Crippen LogP contribution < -0.4 is 15.4 Å². The van der Waals surface area contributed by atoms with Crippen LogP contribution in [0.1, 0.15) is 29.4 Å². The molecule has 2 N–H and O–H groups in total. The highest BCUT2D eigenvalue weighted by atomic mass is 32.1. The smallest absolute Gasteiger partial charge is 0.299 e. The first kappa shape index (κ1) is 22.0. The van der Waals surface area contributed by atoms with Gasteiger partial charge in [-0.05, 0) is 62.1 Å². The van der Waals surface area contributed by atoms with Crippen LogP contribution in [0.15, 0.2) is 54.6 Å². The first-order valence-electron chi connectivity index (χ1n) is 11.2. The van der Waals surface area contributed by atoms with E-state index in [9.17, 15) is 9.59 Å². The Labute approximate surface area is 202 Å². The van der Waals surface area contributed by atoms with Crippen molar-refractivity contribution in [2.24, 2.45) is 5.73 Å². The lowest BCUT2D eigenvalue weighted by Crippen LogP contribution is -2.55. The Morgan fingerprint density at radius 1 is 1.03 bits per heavy atom. The van der Waals surface area contributed by atoms with Crippen LogP contribution in [0, 0.1) is 11.8 Å². The monoisotopic (exact) mass is 472 g/mol. The molecule has 34 heavy (non-hydrogen) atoms. The van der Waals surface area contributed by atoms with Crippen molar-refractivity contribution in [1.82, 2.24) is 9.88 Å². The third-order valence-corrected chi connectivity index (χ3v) is 7.30. The molecule has 3 aromatic rings. The fraction of sp³-hybridized carbons (Fsp3) is 0.269. The second-order valence-electron chi connectivity index (χ2n) is 8.36. The highest BCUT2D eigenvalue weighted by Crippen LogP contribution is 2.38. The molecule has 2 aliphatic rings. The number of aromatic nitrogens is 1. The van der Waals surface area contributed by atoms with Crippen LogP contribution >= 0.6 is 11.3 Å². The molecule has 172 valence electrons. The van der Waals surface area contributed by atoms with E-state index in [1.54, 1.807) is 6.92 Å². The van der Waals surface area contributed by atoms with Gasteiger partial charge in [0.15, 0.2) is 5.13 Å². The molecule has 2 atom stereocenters. The molecule has 2 amide bonds. The number of carbonyl (C=O) groups is 2. The molecular weight excluding hydrogens is 448 g/mol. The number of nitrogens with zero attached hydrogens (tertiary/aromatic N) is 3. The van der Waals surface area contributed by atoms with Crippen molar-refractivity contribution < 1.29 is 14.3 Å². The molecule has 1 aromatic heterocycles. The molecule has 2 aromatic carbocycles. The molecule has 2 aliphatic heterocycles. The summed E-state index contributed by atoms with van der Waals surface area (Å²) in [5.74, 6) is 6.22. The minimum absolute atomic E-state index is 0.103. The van der Waals surface area contributed by atoms with Crippen LogP contribution in [-0.4, -0.2) is 46.9 Å². The summed E-state index contributed by atoms with van der Waals surface area (Å²) in [6, 6.07) is 17.2. The maximum atomic E-state index is 12.4. The second-order valence-corrected chi connectivity index (χ2v) is 9.33. The van der Waals surface area contributed by atoms with Crippen molar-refractivity contribution in [3.8, 4) is 34.6 Å². The fourth-order valence-electron chi connectivity index (χ4n) is 4.67. The zero-order valence-corrected chi connectivity index (χ0v) is 19.5. The summed E-state index contributed by atoms with van der Waals surface area (Å²) in [6.07, 6.45) is 1.89. The zero-order chi connectivity index (χ0) is 23.7. The predicted molar refractivity (Wildman–Crippen MR) is 132 cm³/mol. The second kappa shape index (κ2) is 9.20. The third kappa shape index (κ3) is 4.22. The van der Waals surface area contributed by atoms with Crippen LogP contribution in [0.25, 0.3) is 11.3 Å². The number of piperazine rings is 1. The normalized spacial score (nSPS) is 18.9. The number of ether oxygens (including phenoxy) is 1. The third-order valence-electron chi connectivity index (χ3n) is 6.17. The van der Waals surface area contributed by atoms with E-state index in [1.807, 2.05) is 59.5 Å². The lowest BCUT2D eigenvalue weighted by atomic mass is 10.1. The number of amides is 2. The number of hydrogen-bond donors (Lipinski definition) is 1. The Kier molecular flexibility index (Phi) is 5.95. The Balaban J connectivity index is 1.38. The lowest BCUT2D eigenvalue weighted by Gasteiger charge is -2.40. The molecule has 0 aliphatic carbocycles. The summed E-state index contributed by atoms with van der Waals surface area (Å²) in [7, 11) is 0. The maximum Gasteiger partial charge on any atom is 0.299 e. The number of para-hydroxylation sites is 1. The number of primary amides is 1. The molecule has 8 heteroatoms. The van der Waals surface area contributed by atoms with Crippen LogP contribution in [0.5, 0.6) is 11.5 Å².